The van der Waals surface area contributed by atoms with Crippen molar-refractivity contribution in [2.75, 3.05) is 13.2 Å². The molecule has 1 amide bonds. The van der Waals surface area contributed by atoms with Gasteiger partial charge in [0, 0.05) is 24.2 Å². The van der Waals surface area contributed by atoms with Crippen molar-refractivity contribution in [3.63, 3.8) is 0 Å². The Bertz CT molecular complexity index is 606. The summed E-state index contributed by atoms with van der Waals surface area (Å²) in [6.45, 7) is 0.623. The molecule has 0 unspecified atom stereocenters. The summed E-state index contributed by atoms with van der Waals surface area (Å²) < 4.78 is 5.76. The van der Waals surface area contributed by atoms with E-state index in [4.69, 9.17) is 9.84 Å². The minimum atomic E-state index is -1.32. The summed E-state index contributed by atoms with van der Waals surface area (Å²) in [4.78, 5) is 33.3. The normalized spacial score (nSPS) is 15.4. The number of ether oxygens (including phenoxy) is 1. The van der Waals surface area contributed by atoms with E-state index in [9.17, 15) is 19.7 Å². The fraction of sp³-hybridized carbons (Fsp3) is 0.529. The number of hydrogen-bond donors (Lipinski definition) is 2. The first kappa shape index (κ1) is 18.9. The first-order chi connectivity index (χ1) is 12.0. The van der Waals surface area contributed by atoms with E-state index >= 15 is 0 Å². The number of nitrogens with zero attached hydrogens (tertiary/aromatic N) is 1. The zero-order chi connectivity index (χ0) is 18.2. The summed E-state index contributed by atoms with van der Waals surface area (Å²) in [6.07, 6.45) is 7.05. The van der Waals surface area contributed by atoms with Crippen molar-refractivity contribution in [3.8, 4) is 0 Å². The molecule has 0 heterocycles. The third-order valence-corrected chi connectivity index (χ3v) is 4.18. The molecule has 2 N–H and O–H groups in total. The quantitative estimate of drug-likeness (QED) is 0.338. The average molecular weight is 350 g/mol. The smallest absolute Gasteiger partial charge is 0.335 e. The lowest BCUT2D eigenvalue weighted by atomic mass is 10.1. The fourth-order valence-electron chi connectivity index (χ4n) is 2.87. The molecule has 1 fully saturated rings. The molecule has 0 atom stereocenters. The van der Waals surface area contributed by atoms with E-state index < -0.39 is 22.5 Å². The molecule has 136 valence electrons. The van der Waals surface area contributed by atoms with Crippen LogP contribution in [0.25, 0.3) is 0 Å². The molecule has 0 radical (unpaired) electrons. The Morgan fingerprint density at radius 1 is 1.16 bits per heavy atom. The van der Waals surface area contributed by atoms with E-state index in [1.54, 1.807) is 0 Å². The van der Waals surface area contributed by atoms with Gasteiger partial charge in [-0.2, -0.15) is 0 Å². The topological polar surface area (TPSA) is 119 Å². The van der Waals surface area contributed by atoms with Crippen LogP contribution < -0.4 is 5.32 Å². The molecule has 0 aromatic heterocycles. The molecule has 2 rings (SSSR count). The first-order valence-corrected chi connectivity index (χ1v) is 8.40. The van der Waals surface area contributed by atoms with Crippen LogP contribution in [0.15, 0.2) is 18.2 Å². The molecular weight excluding hydrogens is 328 g/mol. The van der Waals surface area contributed by atoms with Crippen LogP contribution in [0.4, 0.5) is 5.69 Å². The van der Waals surface area contributed by atoms with Gasteiger partial charge >= 0.3 is 5.97 Å². The Morgan fingerprint density at radius 3 is 2.40 bits per heavy atom. The minimum absolute atomic E-state index is 0.0546. The number of carbonyl (C=O) groups is 2. The Balaban J connectivity index is 1.89. The highest BCUT2D eigenvalue weighted by molar-refractivity contribution is 5.98. The maximum absolute atomic E-state index is 12.1. The minimum Gasteiger partial charge on any atom is -0.478 e. The molecule has 0 saturated heterocycles. The molecule has 1 aromatic rings. The molecule has 8 nitrogen and oxygen atoms in total. The number of nitro benzene ring substituents is 1. The van der Waals surface area contributed by atoms with E-state index in [1.165, 1.54) is 12.8 Å². The second-order valence-corrected chi connectivity index (χ2v) is 6.07. The zero-order valence-corrected chi connectivity index (χ0v) is 13.9. The van der Waals surface area contributed by atoms with Gasteiger partial charge in [0.05, 0.1) is 23.2 Å². The molecule has 1 aromatic carbocycles. The number of nitro groups is 1. The largest absolute Gasteiger partial charge is 0.478 e. The highest BCUT2D eigenvalue weighted by Crippen LogP contribution is 2.20. The van der Waals surface area contributed by atoms with Crippen molar-refractivity contribution >= 4 is 17.6 Å². The van der Waals surface area contributed by atoms with Gasteiger partial charge in [0.15, 0.2) is 0 Å². The number of nitrogens with one attached hydrogen (secondary N) is 1. The maximum atomic E-state index is 12.1. The molecule has 0 bridgehead atoms. The monoisotopic (exact) mass is 350 g/mol. The summed E-state index contributed by atoms with van der Waals surface area (Å²) in [5.41, 5.74) is -0.783. The third-order valence-electron chi connectivity index (χ3n) is 4.18. The van der Waals surface area contributed by atoms with Crippen LogP contribution in [-0.4, -0.2) is 41.2 Å². The summed E-state index contributed by atoms with van der Waals surface area (Å²) in [6, 6.07) is 3.11. The SMILES string of the molecule is O=C(O)c1cc(C(=O)NCCOC2CCCCCC2)cc([N+](=O)[O-])c1. The number of carboxylic acid groups (broad SMARTS) is 1. The van der Waals surface area contributed by atoms with Crippen molar-refractivity contribution < 1.29 is 24.4 Å². The summed E-state index contributed by atoms with van der Waals surface area (Å²) in [7, 11) is 0. The first-order valence-electron chi connectivity index (χ1n) is 8.40. The maximum Gasteiger partial charge on any atom is 0.335 e. The lowest BCUT2D eigenvalue weighted by molar-refractivity contribution is -0.384. The number of non-ortho nitro benzene ring substituents is 1. The standard InChI is InChI=1S/C17H22N2O6/c20-16(18-7-8-25-15-5-3-1-2-4-6-15)12-9-13(17(21)22)11-14(10-12)19(23)24/h9-11,15H,1-8H2,(H,18,20)(H,21,22). The number of aromatic carboxylic acids is 1. The van der Waals surface area contributed by atoms with Crippen LogP contribution >= 0.6 is 0 Å². The fourth-order valence-corrected chi connectivity index (χ4v) is 2.87. The third kappa shape index (κ3) is 5.82. The van der Waals surface area contributed by atoms with Crippen LogP contribution in [0.5, 0.6) is 0 Å². The van der Waals surface area contributed by atoms with E-state index in [0.717, 1.165) is 43.9 Å². The summed E-state index contributed by atoms with van der Waals surface area (Å²) in [5, 5.41) is 22.5. The van der Waals surface area contributed by atoms with E-state index in [2.05, 4.69) is 5.32 Å². The van der Waals surface area contributed by atoms with Gasteiger partial charge in [-0.05, 0) is 18.9 Å². The number of benzene rings is 1. The van der Waals surface area contributed by atoms with Gasteiger partial charge in [-0.15, -0.1) is 0 Å². The molecule has 1 saturated carbocycles. The van der Waals surface area contributed by atoms with Crippen LogP contribution in [-0.2, 0) is 4.74 Å². The molecule has 0 aliphatic heterocycles. The lowest BCUT2D eigenvalue weighted by Gasteiger charge is -2.15. The van der Waals surface area contributed by atoms with E-state index in [1.807, 2.05) is 0 Å². The molecule has 25 heavy (non-hydrogen) atoms. The Hall–Kier alpha value is -2.48. The van der Waals surface area contributed by atoms with Crippen molar-refractivity contribution in [3.05, 3.63) is 39.4 Å². The predicted octanol–water partition coefficient (Wildman–Crippen LogP) is 2.76. The van der Waals surface area contributed by atoms with Crippen molar-refractivity contribution in [2.24, 2.45) is 0 Å². The number of hydrogen-bond acceptors (Lipinski definition) is 5. The van der Waals surface area contributed by atoms with Gasteiger partial charge in [0.25, 0.3) is 11.6 Å². The Morgan fingerprint density at radius 2 is 1.80 bits per heavy atom. The zero-order valence-electron chi connectivity index (χ0n) is 13.9. The molecule has 1 aliphatic rings. The van der Waals surface area contributed by atoms with Crippen molar-refractivity contribution in [1.29, 1.82) is 0 Å². The lowest BCUT2D eigenvalue weighted by Crippen LogP contribution is -2.29. The molecule has 0 spiro atoms. The average Bonchev–Trinajstić information content (AvgIpc) is 2.86. The number of carbonyl (C=O) groups excluding carboxylic acids is 1. The van der Waals surface area contributed by atoms with Gasteiger partial charge in [-0.25, -0.2) is 4.79 Å². The molecular formula is C17H22N2O6. The van der Waals surface area contributed by atoms with Crippen LogP contribution in [0.2, 0.25) is 0 Å². The number of carboxylic acids is 1. The van der Waals surface area contributed by atoms with Crippen molar-refractivity contribution in [1.82, 2.24) is 5.32 Å². The van der Waals surface area contributed by atoms with E-state index in [-0.39, 0.29) is 23.8 Å². The molecule has 1 aliphatic carbocycles. The second kappa shape index (κ2) is 9.12. The van der Waals surface area contributed by atoms with Crippen molar-refractivity contribution in [2.45, 2.75) is 44.6 Å². The van der Waals surface area contributed by atoms with Gasteiger partial charge in [0.2, 0.25) is 0 Å². The number of amides is 1. The predicted molar refractivity (Wildman–Crippen MR) is 89.8 cm³/mol. The Kier molecular flexibility index (Phi) is 6.88. The summed E-state index contributed by atoms with van der Waals surface area (Å²) in [5.74, 6) is -1.88. The van der Waals surface area contributed by atoms with Gasteiger partial charge in [-0.1, -0.05) is 25.7 Å². The van der Waals surface area contributed by atoms with Gasteiger partial charge < -0.3 is 15.2 Å². The highest BCUT2D eigenvalue weighted by Gasteiger charge is 2.18. The summed E-state index contributed by atoms with van der Waals surface area (Å²) >= 11 is 0. The highest BCUT2D eigenvalue weighted by atomic mass is 16.6. The van der Waals surface area contributed by atoms with Crippen LogP contribution in [0.3, 0.4) is 0 Å². The Labute approximate surface area is 145 Å². The van der Waals surface area contributed by atoms with Gasteiger partial charge in [0.1, 0.15) is 0 Å². The van der Waals surface area contributed by atoms with Gasteiger partial charge in [-0.3, -0.25) is 14.9 Å². The number of rotatable bonds is 7. The van der Waals surface area contributed by atoms with Crippen LogP contribution in [0.1, 0.15) is 59.2 Å². The second-order valence-electron chi connectivity index (χ2n) is 6.07. The van der Waals surface area contributed by atoms with Crippen LogP contribution in [0, 0.1) is 10.1 Å². The van der Waals surface area contributed by atoms with E-state index in [0.29, 0.717) is 6.61 Å². The molecule has 8 heteroatoms.